The third kappa shape index (κ3) is 3.76. The number of carbonyl (C=O) groups is 2. The minimum Gasteiger partial charge on any atom is -0.371 e. The van der Waals surface area contributed by atoms with E-state index in [9.17, 15) is 9.59 Å². The zero-order chi connectivity index (χ0) is 21.4. The largest absolute Gasteiger partial charge is 0.371 e. The Hall–Kier alpha value is -3.35. The van der Waals surface area contributed by atoms with Crippen molar-refractivity contribution < 1.29 is 9.59 Å². The van der Waals surface area contributed by atoms with Crippen LogP contribution >= 0.6 is 0 Å². The molecule has 7 heteroatoms. The molecule has 2 amide bonds. The number of nitrogens with zero attached hydrogens (tertiary/aromatic N) is 4. The van der Waals surface area contributed by atoms with Crippen molar-refractivity contribution in [3.8, 4) is 0 Å². The van der Waals surface area contributed by atoms with Crippen molar-refractivity contribution in [2.24, 2.45) is 0 Å². The summed E-state index contributed by atoms with van der Waals surface area (Å²) in [5, 5.41) is 2.94. The van der Waals surface area contributed by atoms with Crippen molar-refractivity contribution in [2.75, 3.05) is 36.4 Å². The van der Waals surface area contributed by atoms with Gasteiger partial charge in [-0.3, -0.25) is 9.59 Å². The molecule has 31 heavy (non-hydrogen) atoms. The van der Waals surface area contributed by atoms with Gasteiger partial charge in [-0.1, -0.05) is 6.07 Å². The molecule has 0 bridgehead atoms. The minimum absolute atomic E-state index is 0.0545. The number of carbonyl (C=O) groups excluding carboxylic acids is 2. The maximum Gasteiger partial charge on any atom is 0.275 e. The number of likely N-dealkylation sites (tertiary alicyclic amines) is 1. The fourth-order valence-corrected chi connectivity index (χ4v) is 4.57. The molecule has 2 aliphatic rings. The van der Waals surface area contributed by atoms with Gasteiger partial charge < -0.3 is 19.5 Å². The predicted molar refractivity (Wildman–Crippen MR) is 121 cm³/mol. The van der Waals surface area contributed by atoms with Crippen LogP contribution in [-0.2, 0) is 0 Å². The fourth-order valence-electron chi connectivity index (χ4n) is 4.57. The zero-order valence-corrected chi connectivity index (χ0v) is 17.8. The number of anilines is 2. The molecule has 160 valence electrons. The SMILES string of the molecule is Cc1cccn2cc(C(=O)Nc3ccc(N4CCCC4)c(C(=O)N4CCCC4)c3)nc12. The highest BCUT2D eigenvalue weighted by atomic mass is 16.2. The van der Waals surface area contributed by atoms with E-state index in [-0.39, 0.29) is 11.8 Å². The molecular formula is C24H27N5O2. The number of nitrogens with one attached hydrogen (secondary N) is 1. The number of pyridine rings is 1. The molecule has 2 saturated heterocycles. The summed E-state index contributed by atoms with van der Waals surface area (Å²) in [4.78, 5) is 34.8. The number of imidazole rings is 1. The highest BCUT2D eigenvalue weighted by Gasteiger charge is 2.26. The Bertz CT molecular complexity index is 1140. The molecule has 0 radical (unpaired) electrons. The number of hydrogen-bond donors (Lipinski definition) is 1. The van der Waals surface area contributed by atoms with Crippen LogP contribution in [0.15, 0.2) is 42.7 Å². The molecule has 0 unspecified atom stereocenters. The Balaban J connectivity index is 1.44. The molecule has 0 atom stereocenters. The van der Waals surface area contributed by atoms with Gasteiger partial charge >= 0.3 is 0 Å². The smallest absolute Gasteiger partial charge is 0.275 e. The van der Waals surface area contributed by atoms with Crippen LogP contribution in [0.4, 0.5) is 11.4 Å². The van der Waals surface area contributed by atoms with Gasteiger partial charge in [0.15, 0.2) is 0 Å². The number of amides is 2. The lowest BCUT2D eigenvalue weighted by Crippen LogP contribution is -2.30. The summed E-state index contributed by atoms with van der Waals surface area (Å²) in [5.74, 6) is -0.226. The third-order valence-electron chi connectivity index (χ3n) is 6.24. The van der Waals surface area contributed by atoms with E-state index in [2.05, 4.69) is 15.2 Å². The van der Waals surface area contributed by atoms with Crippen LogP contribution in [-0.4, -0.2) is 52.3 Å². The number of rotatable bonds is 4. The van der Waals surface area contributed by atoms with Crippen LogP contribution in [0.1, 0.15) is 52.1 Å². The van der Waals surface area contributed by atoms with E-state index in [4.69, 9.17) is 0 Å². The molecule has 1 N–H and O–H groups in total. The van der Waals surface area contributed by atoms with Gasteiger partial charge in [0.1, 0.15) is 11.3 Å². The summed E-state index contributed by atoms with van der Waals surface area (Å²) in [7, 11) is 0. The van der Waals surface area contributed by atoms with Gasteiger partial charge in [0.25, 0.3) is 11.8 Å². The van der Waals surface area contributed by atoms with E-state index in [1.165, 1.54) is 0 Å². The van der Waals surface area contributed by atoms with E-state index in [0.717, 1.165) is 68.8 Å². The Kier molecular flexibility index (Phi) is 5.10. The Morgan fingerprint density at radius 3 is 2.48 bits per heavy atom. The van der Waals surface area contributed by atoms with Crippen molar-refractivity contribution >= 4 is 28.8 Å². The molecule has 3 aromatic rings. The lowest BCUT2D eigenvalue weighted by atomic mass is 10.1. The summed E-state index contributed by atoms with van der Waals surface area (Å²) < 4.78 is 1.85. The summed E-state index contributed by atoms with van der Waals surface area (Å²) in [5.41, 5.74) is 4.38. The summed E-state index contributed by atoms with van der Waals surface area (Å²) in [6.45, 7) is 5.50. The third-order valence-corrected chi connectivity index (χ3v) is 6.24. The van der Waals surface area contributed by atoms with Crippen LogP contribution in [0.2, 0.25) is 0 Å². The molecular weight excluding hydrogens is 390 g/mol. The number of hydrogen-bond acceptors (Lipinski definition) is 4. The Morgan fingerprint density at radius 1 is 1.00 bits per heavy atom. The first-order valence-electron chi connectivity index (χ1n) is 11.0. The van der Waals surface area contributed by atoms with Crippen LogP contribution in [0, 0.1) is 6.92 Å². The van der Waals surface area contributed by atoms with Gasteiger partial charge in [-0.25, -0.2) is 4.98 Å². The van der Waals surface area contributed by atoms with E-state index < -0.39 is 0 Å². The second-order valence-electron chi connectivity index (χ2n) is 8.43. The number of aryl methyl sites for hydroxylation is 1. The highest BCUT2D eigenvalue weighted by molar-refractivity contribution is 6.05. The van der Waals surface area contributed by atoms with Crippen LogP contribution in [0.5, 0.6) is 0 Å². The van der Waals surface area contributed by atoms with Crippen molar-refractivity contribution in [3.05, 3.63) is 59.5 Å². The van der Waals surface area contributed by atoms with Crippen molar-refractivity contribution in [2.45, 2.75) is 32.6 Å². The molecule has 0 spiro atoms. The maximum atomic E-state index is 13.3. The van der Waals surface area contributed by atoms with Crippen LogP contribution in [0.25, 0.3) is 5.65 Å². The average molecular weight is 418 g/mol. The van der Waals surface area contributed by atoms with Gasteiger partial charge in [-0.15, -0.1) is 0 Å². The van der Waals surface area contributed by atoms with Gasteiger partial charge in [0, 0.05) is 49.9 Å². The maximum absolute atomic E-state index is 13.3. The van der Waals surface area contributed by atoms with E-state index in [1.807, 2.05) is 52.8 Å². The van der Waals surface area contributed by atoms with Crippen LogP contribution < -0.4 is 10.2 Å². The quantitative estimate of drug-likeness (QED) is 0.702. The second kappa shape index (κ2) is 8.06. The standard InChI is InChI=1S/C24H27N5O2/c1-17-7-6-14-29-16-20(26-22(17)29)23(30)25-18-8-9-21(27-10-2-3-11-27)19(15-18)24(31)28-12-4-5-13-28/h6-9,14-16H,2-5,10-13H2,1H3,(H,25,30). The summed E-state index contributed by atoms with van der Waals surface area (Å²) in [6, 6.07) is 9.58. The topological polar surface area (TPSA) is 70.0 Å². The lowest BCUT2D eigenvalue weighted by molar-refractivity contribution is 0.0793. The fraction of sp³-hybridized carbons (Fsp3) is 0.375. The van der Waals surface area contributed by atoms with E-state index in [1.54, 1.807) is 6.20 Å². The summed E-state index contributed by atoms with van der Waals surface area (Å²) in [6.07, 6.45) is 7.99. The summed E-state index contributed by atoms with van der Waals surface area (Å²) >= 11 is 0. The normalized spacial score (nSPS) is 16.3. The first-order chi connectivity index (χ1) is 15.1. The predicted octanol–water partition coefficient (Wildman–Crippen LogP) is 3.73. The molecule has 5 rings (SSSR count). The molecule has 4 heterocycles. The average Bonchev–Trinajstić information content (AvgIpc) is 3.55. The number of aromatic nitrogens is 2. The van der Waals surface area contributed by atoms with Gasteiger partial charge in [0.2, 0.25) is 0 Å². The van der Waals surface area contributed by atoms with Gasteiger partial charge in [-0.2, -0.15) is 0 Å². The molecule has 7 nitrogen and oxygen atoms in total. The van der Waals surface area contributed by atoms with E-state index in [0.29, 0.717) is 16.9 Å². The Morgan fingerprint density at radius 2 is 1.74 bits per heavy atom. The monoisotopic (exact) mass is 417 g/mol. The van der Waals surface area contributed by atoms with E-state index >= 15 is 0 Å². The number of fused-ring (bicyclic) bond motifs is 1. The van der Waals surface area contributed by atoms with Crippen molar-refractivity contribution in [3.63, 3.8) is 0 Å². The van der Waals surface area contributed by atoms with Crippen molar-refractivity contribution in [1.29, 1.82) is 0 Å². The molecule has 2 aromatic heterocycles. The van der Waals surface area contributed by atoms with Crippen LogP contribution in [0.3, 0.4) is 0 Å². The second-order valence-corrected chi connectivity index (χ2v) is 8.43. The highest BCUT2D eigenvalue weighted by Crippen LogP contribution is 2.29. The molecule has 2 fully saturated rings. The first-order valence-corrected chi connectivity index (χ1v) is 11.0. The zero-order valence-electron chi connectivity index (χ0n) is 17.8. The molecule has 2 aliphatic heterocycles. The Labute approximate surface area is 181 Å². The lowest BCUT2D eigenvalue weighted by Gasteiger charge is -2.24. The van der Waals surface area contributed by atoms with Gasteiger partial charge in [-0.05, 0) is 62.4 Å². The first kappa shape index (κ1) is 19.6. The molecule has 1 aromatic carbocycles. The minimum atomic E-state index is -0.281. The number of benzene rings is 1. The molecule has 0 saturated carbocycles. The molecule has 0 aliphatic carbocycles. The van der Waals surface area contributed by atoms with Gasteiger partial charge in [0.05, 0.1) is 5.56 Å². The van der Waals surface area contributed by atoms with Crippen molar-refractivity contribution in [1.82, 2.24) is 14.3 Å².